The van der Waals surface area contributed by atoms with E-state index < -0.39 is 12.1 Å². The first-order valence-corrected chi connectivity index (χ1v) is 10.8. The van der Waals surface area contributed by atoms with Gasteiger partial charge in [0.1, 0.15) is 17.8 Å². The second-order valence-corrected chi connectivity index (χ2v) is 8.27. The summed E-state index contributed by atoms with van der Waals surface area (Å²) in [5, 5.41) is 5.74. The van der Waals surface area contributed by atoms with Crippen LogP contribution in [-0.4, -0.2) is 48.4 Å². The highest BCUT2D eigenvalue weighted by atomic mass is 16.5. The predicted octanol–water partition coefficient (Wildman–Crippen LogP) is 1.80. The number of hydrazine groups is 1. The van der Waals surface area contributed by atoms with Gasteiger partial charge in [0.25, 0.3) is 5.91 Å². The number of hydrogen-bond donors (Lipinski definition) is 4. The number of nitrogens with one attached hydrogen (secondary N) is 4. The van der Waals surface area contributed by atoms with Crippen molar-refractivity contribution in [2.45, 2.75) is 37.4 Å². The SMILES string of the molecule is COc1ccccc1C1CC(C(=O)Nc2ccc3c(c2)C(=O)N2CCCC2C(=O)N3)NN1. The average molecular weight is 435 g/mol. The fourth-order valence-electron chi connectivity index (χ4n) is 4.68. The second-order valence-electron chi connectivity index (χ2n) is 8.27. The van der Waals surface area contributed by atoms with Crippen molar-refractivity contribution in [2.75, 3.05) is 24.3 Å². The molecule has 9 nitrogen and oxygen atoms in total. The monoisotopic (exact) mass is 435 g/mol. The number of carbonyl (C=O) groups excluding carboxylic acids is 3. The van der Waals surface area contributed by atoms with Crippen molar-refractivity contribution in [1.82, 2.24) is 15.8 Å². The minimum atomic E-state index is -0.456. The van der Waals surface area contributed by atoms with Gasteiger partial charge in [-0.05, 0) is 43.5 Å². The zero-order valence-corrected chi connectivity index (χ0v) is 17.7. The molecule has 3 unspecified atom stereocenters. The first-order chi connectivity index (χ1) is 15.5. The third-order valence-corrected chi connectivity index (χ3v) is 6.33. The van der Waals surface area contributed by atoms with Crippen LogP contribution < -0.4 is 26.2 Å². The normalized spacial score (nSPS) is 24.4. The molecule has 2 saturated heterocycles. The molecule has 0 aliphatic carbocycles. The lowest BCUT2D eigenvalue weighted by atomic mass is 10.0. The number of amides is 3. The number of anilines is 2. The van der Waals surface area contributed by atoms with Crippen molar-refractivity contribution < 1.29 is 19.1 Å². The Labute approximate surface area is 185 Å². The van der Waals surface area contributed by atoms with Crippen molar-refractivity contribution in [1.29, 1.82) is 0 Å². The number of hydrogen-bond acceptors (Lipinski definition) is 6. The van der Waals surface area contributed by atoms with E-state index in [1.807, 2.05) is 24.3 Å². The Morgan fingerprint density at radius 1 is 1.16 bits per heavy atom. The van der Waals surface area contributed by atoms with Gasteiger partial charge in [-0.15, -0.1) is 0 Å². The Bertz CT molecular complexity index is 1090. The fraction of sp³-hybridized carbons (Fsp3) is 0.348. The zero-order valence-electron chi connectivity index (χ0n) is 17.7. The van der Waals surface area contributed by atoms with E-state index in [1.54, 1.807) is 30.2 Å². The van der Waals surface area contributed by atoms with Gasteiger partial charge in [0.15, 0.2) is 0 Å². The quantitative estimate of drug-likeness (QED) is 0.583. The highest BCUT2D eigenvalue weighted by molar-refractivity contribution is 6.11. The van der Waals surface area contributed by atoms with Crippen LogP contribution in [0.2, 0.25) is 0 Å². The number of nitrogens with zero attached hydrogens (tertiary/aromatic N) is 1. The molecular weight excluding hydrogens is 410 g/mol. The number of carbonyl (C=O) groups is 3. The number of rotatable bonds is 4. The number of fused-ring (bicyclic) bond motifs is 2. The van der Waals surface area contributed by atoms with Crippen LogP contribution in [0, 0.1) is 0 Å². The van der Waals surface area contributed by atoms with Gasteiger partial charge in [-0.1, -0.05) is 18.2 Å². The van der Waals surface area contributed by atoms with E-state index in [1.165, 1.54) is 0 Å². The minimum absolute atomic E-state index is 0.0714. The van der Waals surface area contributed by atoms with E-state index in [0.29, 0.717) is 36.3 Å². The fourth-order valence-corrected chi connectivity index (χ4v) is 4.68. The number of benzene rings is 2. The summed E-state index contributed by atoms with van der Waals surface area (Å²) in [7, 11) is 1.62. The van der Waals surface area contributed by atoms with Crippen LogP contribution in [0.4, 0.5) is 11.4 Å². The third kappa shape index (κ3) is 3.59. The van der Waals surface area contributed by atoms with Crippen LogP contribution in [0.1, 0.15) is 41.2 Å². The number of methoxy groups -OCH3 is 1. The van der Waals surface area contributed by atoms with Crippen molar-refractivity contribution in [3.8, 4) is 5.75 Å². The van der Waals surface area contributed by atoms with Crippen LogP contribution in [-0.2, 0) is 9.59 Å². The average Bonchev–Trinajstić information content (AvgIpc) is 3.48. The molecule has 2 aromatic rings. The van der Waals surface area contributed by atoms with Gasteiger partial charge in [-0.2, -0.15) is 0 Å². The molecule has 9 heteroatoms. The van der Waals surface area contributed by atoms with E-state index >= 15 is 0 Å². The first kappa shape index (κ1) is 20.5. The molecule has 5 rings (SSSR count). The van der Waals surface area contributed by atoms with Crippen LogP contribution in [0.3, 0.4) is 0 Å². The molecule has 4 N–H and O–H groups in total. The molecule has 2 fully saturated rings. The molecule has 0 radical (unpaired) electrons. The Balaban J connectivity index is 1.30. The van der Waals surface area contributed by atoms with Crippen LogP contribution in [0.15, 0.2) is 42.5 Å². The second kappa shape index (κ2) is 8.25. The number of ether oxygens (including phenoxy) is 1. The maximum Gasteiger partial charge on any atom is 0.256 e. The van der Waals surface area contributed by atoms with Gasteiger partial charge in [0.2, 0.25) is 11.8 Å². The van der Waals surface area contributed by atoms with Crippen LogP contribution in [0.25, 0.3) is 0 Å². The van der Waals surface area contributed by atoms with Crippen molar-refractivity contribution in [3.63, 3.8) is 0 Å². The Hall–Kier alpha value is -3.43. The first-order valence-electron chi connectivity index (χ1n) is 10.8. The summed E-state index contributed by atoms with van der Waals surface area (Å²) in [6, 6.07) is 11.7. The topological polar surface area (TPSA) is 112 Å². The van der Waals surface area contributed by atoms with E-state index in [0.717, 1.165) is 17.7 Å². The van der Waals surface area contributed by atoms with Crippen molar-refractivity contribution >= 4 is 29.1 Å². The summed E-state index contributed by atoms with van der Waals surface area (Å²) in [4.78, 5) is 39.9. The van der Waals surface area contributed by atoms with Crippen molar-refractivity contribution in [3.05, 3.63) is 53.6 Å². The summed E-state index contributed by atoms with van der Waals surface area (Å²) in [5.74, 6) is 0.210. The molecule has 3 heterocycles. The lowest BCUT2D eigenvalue weighted by Gasteiger charge is -2.20. The molecular formula is C23H25N5O4. The molecule has 3 aliphatic heterocycles. The van der Waals surface area contributed by atoms with E-state index in [4.69, 9.17) is 4.74 Å². The van der Waals surface area contributed by atoms with Crippen LogP contribution in [0.5, 0.6) is 5.75 Å². The molecule has 0 saturated carbocycles. The Kier molecular flexibility index (Phi) is 5.28. The van der Waals surface area contributed by atoms with Gasteiger partial charge < -0.3 is 20.3 Å². The van der Waals surface area contributed by atoms with E-state index in [2.05, 4.69) is 21.5 Å². The van der Waals surface area contributed by atoms with Gasteiger partial charge in [-0.3, -0.25) is 14.4 Å². The molecule has 0 spiro atoms. The third-order valence-electron chi connectivity index (χ3n) is 6.33. The summed E-state index contributed by atoms with van der Waals surface area (Å²) < 4.78 is 5.43. The van der Waals surface area contributed by atoms with Gasteiger partial charge in [0.05, 0.1) is 24.4 Å². The standard InChI is InChI=1S/C23H25N5O4/c1-32-20-7-3-2-5-14(20)17-12-18(27-26-17)21(29)24-13-8-9-16-15(11-13)23(31)28-10-4-6-19(28)22(30)25-16/h2-3,5,7-9,11,17-19,26-27H,4,6,10,12H2,1H3,(H,24,29)(H,25,30). The summed E-state index contributed by atoms with van der Waals surface area (Å²) >= 11 is 0. The summed E-state index contributed by atoms with van der Waals surface area (Å²) in [6.45, 7) is 0.564. The molecule has 166 valence electrons. The predicted molar refractivity (Wildman–Crippen MR) is 118 cm³/mol. The molecule has 0 bridgehead atoms. The van der Waals surface area contributed by atoms with E-state index in [-0.39, 0.29) is 23.8 Å². The van der Waals surface area contributed by atoms with Crippen molar-refractivity contribution in [2.24, 2.45) is 0 Å². The van der Waals surface area contributed by atoms with Gasteiger partial charge in [-0.25, -0.2) is 10.9 Å². The Morgan fingerprint density at radius 2 is 2.00 bits per heavy atom. The van der Waals surface area contributed by atoms with Gasteiger partial charge in [0, 0.05) is 17.8 Å². The highest BCUT2D eigenvalue weighted by Gasteiger charge is 2.38. The minimum Gasteiger partial charge on any atom is -0.496 e. The lowest BCUT2D eigenvalue weighted by Crippen LogP contribution is -2.40. The van der Waals surface area contributed by atoms with Crippen LogP contribution >= 0.6 is 0 Å². The largest absolute Gasteiger partial charge is 0.496 e. The molecule has 3 atom stereocenters. The summed E-state index contributed by atoms with van der Waals surface area (Å²) in [5.41, 5.74) is 8.56. The smallest absolute Gasteiger partial charge is 0.256 e. The molecule has 2 aromatic carbocycles. The maximum atomic E-state index is 13.0. The highest BCUT2D eigenvalue weighted by Crippen LogP contribution is 2.32. The molecule has 0 aromatic heterocycles. The zero-order chi connectivity index (χ0) is 22.2. The molecule has 32 heavy (non-hydrogen) atoms. The number of para-hydroxylation sites is 1. The van der Waals surface area contributed by atoms with Gasteiger partial charge >= 0.3 is 0 Å². The molecule has 3 aliphatic rings. The lowest BCUT2D eigenvalue weighted by molar-refractivity contribution is -0.119. The van der Waals surface area contributed by atoms with E-state index in [9.17, 15) is 14.4 Å². The molecule has 3 amide bonds. The maximum absolute atomic E-state index is 13.0. The summed E-state index contributed by atoms with van der Waals surface area (Å²) in [6.07, 6.45) is 2.02. The Morgan fingerprint density at radius 3 is 2.84 bits per heavy atom.